The zero-order valence-electron chi connectivity index (χ0n) is 9.08. The molecule has 3 aromatic rings. The Morgan fingerprint density at radius 3 is 2.82 bits per heavy atom. The Balaban J connectivity index is 2.27. The molecule has 0 saturated carbocycles. The van der Waals surface area contributed by atoms with Gasteiger partial charge in [0.15, 0.2) is 5.82 Å². The average Bonchev–Trinajstić information content (AvgIpc) is 2.74. The van der Waals surface area contributed by atoms with E-state index in [1.54, 1.807) is 16.9 Å². The summed E-state index contributed by atoms with van der Waals surface area (Å²) in [5.74, 6) is 1.01. The van der Waals surface area contributed by atoms with Gasteiger partial charge in [0, 0.05) is 29.7 Å². The molecule has 17 heavy (non-hydrogen) atoms. The van der Waals surface area contributed by atoms with Crippen LogP contribution in [0.3, 0.4) is 0 Å². The number of rotatable bonds is 1. The molecule has 0 bridgehead atoms. The molecule has 0 aliphatic carbocycles. The van der Waals surface area contributed by atoms with E-state index in [9.17, 15) is 4.79 Å². The summed E-state index contributed by atoms with van der Waals surface area (Å²) >= 11 is 0. The quantitative estimate of drug-likeness (QED) is 0.666. The Kier molecular flexibility index (Phi) is 2.01. The lowest BCUT2D eigenvalue weighted by atomic mass is 10.3. The SMILES string of the molecule is Cc1cc(=O)[nH]c2nc(-c3ccncc3)nn12. The monoisotopic (exact) mass is 227 g/mol. The van der Waals surface area contributed by atoms with Gasteiger partial charge < -0.3 is 0 Å². The van der Waals surface area contributed by atoms with E-state index >= 15 is 0 Å². The first-order chi connectivity index (χ1) is 8.24. The fourth-order valence-corrected chi connectivity index (χ4v) is 1.66. The predicted molar refractivity (Wildman–Crippen MR) is 61.6 cm³/mol. The molecule has 3 rings (SSSR count). The number of pyridine rings is 1. The third-order valence-corrected chi connectivity index (χ3v) is 2.45. The first-order valence-electron chi connectivity index (χ1n) is 5.11. The van der Waals surface area contributed by atoms with E-state index in [2.05, 4.69) is 20.1 Å². The summed E-state index contributed by atoms with van der Waals surface area (Å²) in [6.07, 6.45) is 3.35. The van der Waals surface area contributed by atoms with Gasteiger partial charge >= 0.3 is 0 Å². The molecule has 6 heteroatoms. The lowest BCUT2D eigenvalue weighted by Crippen LogP contribution is -2.09. The highest BCUT2D eigenvalue weighted by Crippen LogP contribution is 2.13. The Labute approximate surface area is 96.0 Å². The first-order valence-corrected chi connectivity index (χ1v) is 5.11. The first kappa shape index (κ1) is 9.71. The molecule has 0 saturated heterocycles. The molecule has 0 radical (unpaired) electrons. The van der Waals surface area contributed by atoms with Crippen LogP contribution in [0.5, 0.6) is 0 Å². The van der Waals surface area contributed by atoms with Crippen LogP contribution in [0.2, 0.25) is 0 Å². The van der Waals surface area contributed by atoms with Gasteiger partial charge in [-0.05, 0) is 19.1 Å². The summed E-state index contributed by atoms with van der Waals surface area (Å²) < 4.78 is 1.61. The van der Waals surface area contributed by atoms with Crippen LogP contribution >= 0.6 is 0 Å². The molecule has 0 spiro atoms. The van der Waals surface area contributed by atoms with Crippen LogP contribution < -0.4 is 5.56 Å². The normalized spacial score (nSPS) is 10.9. The van der Waals surface area contributed by atoms with Crippen molar-refractivity contribution < 1.29 is 0 Å². The Hall–Kier alpha value is -2.50. The van der Waals surface area contributed by atoms with E-state index in [0.29, 0.717) is 11.6 Å². The van der Waals surface area contributed by atoms with E-state index in [1.165, 1.54) is 6.07 Å². The Morgan fingerprint density at radius 1 is 1.29 bits per heavy atom. The highest BCUT2D eigenvalue weighted by Gasteiger charge is 2.08. The van der Waals surface area contributed by atoms with Crippen molar-refractivity contribution in [2.75, 3.05) is 0 Å². The van der Waals surface area contributed by atoms with Crippen molar-refractivity contribution >= 4 is 5.78 Å². The highest BCUT2D eigenvalue weighted by molar-refractivity contribution is 5.55. The van der Waals surface area contributed by atoms with Gasteiger partial charge in [-0.3, -0.25) is 14.8 Å². The average molecular weight is 227 g/mol. The molecular weight excluding hydrogens is 218 g/mol. The van der Waals surface area contributed by atoms with Gasteiger partial charge in [0.25, 0.3) is 5.56 Å². The van der Waals surface area contributed by atoms with Crippen LogP contribution in [0.25, 0.3) is 17.2 Å². The maximum atomic E-state index is 11.3. The van der Waals surface area contributed by atoms with Gasteiger partial charge in [-0.1, -0.05) is 0 Å². The number of aromatic amines is 1. The minimum atomic E-state index is -0.177. The predicted octanol–water partition coefficient (Wildman–Crippen LogP) is 0.788. The van der Waals surface area contributed by atoms with Crippen LogP contribution in [0, 0.1) is 6.92 Å². The molecule has 0 aliphatic heterocycles. The summed E-state index contributed by atoms with van der Waals surface area (Å²) in [6.45, 7) is 1.81. The van der Waals surface area contributed by atoms with Gasteiger partial charge in [-0.25, -0.2) is 4.52 Å². The summed E-state index contributed by atoms with van der Waals surface area (Å²) in [7, 11) is 0. The lowest BCUT2D eigenvalue weighted by Gasteiger charge is -1.94. The minimum Gasteiger partial charge on any atom is -0.291 e. The maximum absolute atomic E-state index is 11.3. The fourth-order valence-electron chi connectivity index (χ4n) is 1.66. The molecule has 0 atom stereocenters. The van der Waals surface area contributed by atoms with Crippen LogP contribution in [-0.4, -0.2) is 24.6 Å². The molecule has 0 aromatic carbocycles. The Morgan fingerprint density at radius 2 is 2.06 bits per heavy atom. The topological polar surface area (TPSA) is 75.9 Å². The van der Waals surface area contributed by atoms with E-state index in [0.717, 1.165) is 11.3 Å². The minimum absolute atomic E-state index is 0.177. The van der Waals surface area contributed by atoms with Crippen LogP contribution in [0.1, 0.15) is 5.69 Å². The van der Waals surface area contributed by atoms with E-state index in [1.807, 2.05) is 19.1 Å². The number of nitrogens with one attached hydrogen (secondary N) is 1. The molecular formula is C11H9N5O. The maximum Gasteiger partial charge on any atom is 0.252 e. The van der Waals surface area contributed by atoms with Gasteiger partial charge in [0.2, 0.25) is 5.78 Å². The summed E-state index contributed by atoms with van der Waals surface area (Å²) in [5.41, 5.74) is 1.43. The zero-order valence-corrected chi connectivity index (χ0v) is 9.08. The molecule has 6 nitrogen and oxygen atoms in total. The van der Waals surface area contributed by atoms with Gasteiger partial charge in [-0.2, -0.15) is 4.98 Å². The second-order valence-corrected chi connectivity index (χ2v) is 3.68. The molecule has 0 aliphatic rings. The smallest absolute Gasteiger partial charge is 0.252 e. The number of aryl methyl sites for hydroxylation is 1. The van der Waals surface area contributed by atoms with Gasteiger partial charge in [0.05, 0.1) is 0 Å². The largest absolute Gasteiger partial charge is 0.291 e. The highest BCUT2D eigenvalue weighted by atomic mass is 16.1. The standard InChI is InChI=1S/C11H9N5O/c1-7-6-9(17)13-11-14-10(15-16(7)11)8-2-4-12-5-3-8/h2-6H,1H3,(H,13,14,15,17). The Bertz CT molecular complexity index is 728. The van der Waals surface area contributed by atoms with Crippen LogP contribution in [0.4, 0.5) is 0 Å². The van der Waals surface area contributed by atoms with Crippen molar-refractivity contribution in [2.45, 2.75) is 6.92 Å². The van der Waals surface area contributed by atoms with E-state index in [4.69, 9.17) is 0 Å². The number of aromatic nitrogens is 5. The number of hydrogen-bond acceptors (Lipinski definition) is 4. The van der Waals surface area contributed by atoms with Crippen LogP contribution in [-0.2, 0) is 0 Å². The third kappa shape index (κ3) is 1.59. The number of nitrogens with zero attached hydrogens (tertiary/aromatic N) is 4. The van der Waals surface area contributed by atoms with Crippen molar-refractivity contribution in [1.82, 2.24) is 24.6 Å². The van der Waals surface area contributed by atoms with Crippen molar-refractivity contribution in [3.63, 3.8) is 0 Å². The third-order valence-electron chi connectivity index (χ3n) is 2.45. The second-order valence-electron chi connectivity index (χ2n) is 3.68. The molecule has 3 heterocycles. The molecule has 3 aromatic heterocycles. The molecule has 84 valence electrons. The number of fused-ring (bicyclic) bond motifs is 1. The van der Waals surface area contributed by atoms with Crippen molar-refractivity contribution in [1.29, 1.82) is 0 Å². The van der Waals surface area contributed by atoms with Crippen molar-refractivity contribution in [3.05, 3.63) is 46.6 Å². The van der Waals surface area contributed by atoms with Crippen molar-refractivity contribution in [2.24, 2.45) is 0 Å². The van der Waals surface area contributed by atoms with Crippen LogP contribution in [0.15, 0.2) is 35.4 Å². The molecule has 0 unspecified atom stereocenters. The molecule has 1 N–H and O–H groups in total. The summed E-state index contributed by atoms with van der Waals surface area (Å²) in [4.78, 5) is 22.2. The summed E-state index contributed by atoms with van der Waals surface area (Å²) in [6, 6.07) is 5.13. The fraction of sp³-hybridized carbons (Fsp3) is 0.0909. The van der Waals surface area contributed by atoms with Gasteiger partial charge in [0.1, 0.15) is 0 Å². The van der Waals surface area contributed by atoms with Crippen molar-refractivity contribution in [3.8, 4) is 11.4 Å². The van der Waals surface area contributed by atoms with Gasteiger partial charge in [-0.15, -0.1) is 5.10 Å². The molecule has 0 fully saturated rings. The lowest BCUT2D eigenvalue weighted by molar-refractivity contribution is 0.889. The number of H-pyrrole nitrogens is 1. The summed E-state index contributed by atoms with van der Waals surface area (Å²) in [5, 5.41) is 4.33. The molecule has 0 amide bonds. The van der Waals surface area contributed by atoms with E-state index in [-0.39, 0.29) is 5.56 Å². The zero-order chi connectivity index (χ0) is 11.8. The van der Waals surface area contributed by atoms with E-state index < -0.39 is 0 Å². The second kappa shape index (κ2) is 3.51. The number of hydrogen-bond donors (Lipinski definition) is 1.